The van der Waals surface area contributed by atoms with Crippen LogP contribution in [0.25, 0.3) is 11.0 Å². The summed E-state index contributed by atoms with van der Waals surface area (Å²) in [7, 11) is 0. The summed E-state index contributed by atoms with van der Waals surface area (Å²) in [6, 6.07) is 9.06. The standard InChI is InChI=1S/C20H19F2N3O/c1-12-2-5-17-18(10-12)24-19(23-17)13-6-8-25(9-7-13)20(26)15-11-14(21)3-4-16(15)22/h2-5,10-11,13H,6-9H2,1H3,(H,23,24). The Morgan fingerprint density at radius 3 is 2.69 bits per heavy atom. The number of nitrogens with one attached hydrogen (secondary N) is 1. The van der Waals surface area contributed by atoms with Gasteiger partial charge in [-0.25, -0.2) is 13.8 Å². The van der Waals surface area contributed by atoms with Crippen LogP contribution in [0, 0.1) is 18.6 Å². The Balaban J connectivity index is 1.48. The molecule has 1 aromatic heterocycles. The van der Waals surface area contributed by atoms with Gasteiger partial charge in [0.1, 0.15) is 17.5 Å². The number of likely N-dealkylation sites (tertiary alicyclic amines) is 1. The third-order valence-electron chi connectivity index (χ3n) is 4.98. The summed E-state index contributed by atoms with van der Waals surface area (Å²) in [5.74, 6) is -0.604. The largest absolute Gasteiger partial charge is 0.342 e. The van der Waals surface area contributed by atoms with Crippen LogP contribution in [0.1, 0.15) is 40.5 Å². The number of nitrogens with zero attached hydrogens (tertiary/aromatic N) is 2. The summed E-state index contributed by atoms with van der Waals surface area (Å²) in [5, 5.41) is 0. The molecule has 2 aromatic carbocycles. The van der Waals surface area contributed by atoms with Crippen LogP contribution < -0.4 is 0 Å². The van der Waals surface area contributed by atoms with Gasteiger partial charge in [-0.3, -0.25) is 4.79 Å². The fraction of sp³-hybridized carbons (Fsp3) is 0.300. The molecule has 1 aliphatic rings. The zero-order valence-corrected chi connectivity index (χ0v) is 14.4. The normalized spacial score (nSPS) is 15.6. The van der Waals surface area contributed by atoms with Gasteiger partial charge in [0.05, 0.1) is 16.6 Å². The molecule has 6 heteroatoms. The molecule has 1 fully saturated rings. The van der Waals surface area contributed by atoms with E-state index >= 15 is 0 Å². The number of benzene rings is 2. The van der Waals surface area contributed by atoms with Crippen LogP contribution in [0.5, 0.6) is 0 Å². The molecule has 4 rings (SSSR count). The van der Waals surface area contributed by atoms with E-state index in [1.807, 2.05) is 19.1 Å². The number of aromatic amines is 1. The van der Waals surface area contributed by atoms with Gasteiger partial charge in [0.15, 0.2) is 0 Å². The quantitative estimate of drug-likeness (QED) is 0.750. The topological polar surface area (TPSA) is 49.0 Å². The number of amides is 1. The number of fused-ring (bicyclic) bond motifs is 1. The molecular formula is C20H19F2N3O. The van der Waals surface area contributed by atoms with Gasteiger partial charge in [-0.2, -0.15) is 0 Å². The van der Waals surface area contributed by atoms with Gasteiger partial charge in [0, 0.05) is 19.0 Å². The Hall–Kier alpha value is -2.76. The summed E-state index contributed by atoms with van der Waals surface area (Å²) in [6.45, 7) is 3.03. The second kappa shape index (κ2) is 6.52. The van der Waals surface area contributed by atoms with Crippen LogP contribution in [0.3, 0.4) is 0 Å². The maximum absolute atomic E-state index is 13.8. The molecule has 1 saturated heterocycles. The summed E-state index contributed by atoms with van der Waals surface area (Å²) in [5.41, 5.74) is 2.92. The molecule has 0 aliphatic carbocycles. The molecule has 3 aromatic rings. The van der Waals surface area contributed by atoms with Crippen LogP contribution in [-0.4, -0.2) is 33.9 Å². The van der Waals surface area contributed by atoms with Gasteiger partial charge in [-0.1, -0.05) is 6.07 Å². The van der Waals surface area contributed by atoms with Gasteiger partial charge >= 0.3 is 0 Å². The first-order valence-corrected chi connectivity index (χ1v) is 8.72. The molecule has 26 heavy (non-hydrogen) atoms. The molecule has 0 bridgehead atoms. The van der Waals surface area contributed by atoms with Gasteiger partial charge < -0.3 is 9.88 Å². The lowest BCUT2D eigenvalue weighted by atomic mass is 9.95. The number of carbonyl (C=O) groups excluding carboxylic acids is 1. The highest BCUT2D eigenvalue weighted by molar-refractivity contribution is 5.94. The predicted octanol–water partition coefficient (Wildman–Crippen LogP) is 4.17. The molecule has 0 spiro atoms. The number of H-pyrrole nitrogens is 1. The highest BCUT2D eigenvalue weighted by Crippen LogP contribution is 2.29. The highest BCUT2D eigenvalue weighted by Gasteiger charge is 2.27. The average molecular weight is 355 g/mol. The Labute approximate surface area is 149 Å². The minimum absolute atomic E-state index is 0.206. The number of hydrogen-bond donors (Lipinski definition) is 1. The number of piperidine rings is 1. The predicted molar refractivity (Wildman–Crippen MR) is 95.1 cm³/mol. The van der Waals surface area contributed by atoms with Crippen LogP contribution in [-0.2, 0) is 0 Å². The van der Waals surface area contributed by atoms with Crippen LogP contribution in [0.2, 0.25) is 0 Å². The highest BCUT2D eigenvalue weighted by atomic mass is 19.1. The van der Waals surface area contributed by atoms with Crippen molar-refractivity contribution in [2.45, 2.75) is 25.7 Å². The van der Waals surface area contributed by atoms with E-state index in [9.17, 15) is 13.6 Å². The molecule has 1 amide bonds. The summed E-state index contributed by atoms with van der Waals surface area (Å²) >= 11 is 0. The van der Waals surface area contributed by atoms with Gasteiger partial charge in [-0.05, 0) is 55.7 Å². The fourth-order valence-corrected chi connectivity index (χ4v) is 3.52. The Kier molecular flexibility index (Phi) is 4.18. The van der Waals surface area contributed by atoms with Crippen molar-refractivity contribution in [2.24, 2.45) is 0 Å². The summed E-state index contributed by atoms with van der Waals surface area (Å²) in [4.78, 5) is 22.1. The van der Waals surface area contributed by atoms with Crippen molar-refractivity contribution in [3.63, 3.8) is 0 Å². The van der Waals surface area contributed by atoms with Crippen molar-refractivity contribution in [1.82, 2.24) is 14.9 Å². The van der Waals surface area contributed by atoms with Crippen LogP contribution >= 0.6 is 0 Å². The molecule has 1 aliphatic heterocycles. The smallest absolute Gasteiger partial charge is 0.256 e. The first kappa shape index (κ1) is 16.7. The first-order valence-electron chi connectivity index (χ1n) is 8.72. The van der Waals surface area contributed by atoms with E-state index in [0.717, 1.165) is 47.9 Å². The molecule has 134 valence electrons. The van der Waals surface area contributed by atoms with Crippen molar-refractivity contribution >= 4 is 16.9 Å². The van der Waals surface area contributed by atoms with E-state index in [4.69, 9.17) is 0 Å². The summed E-state index contributed by atoms with van der Waals surface area (Å²) < 4.78 is 27.2. The zero-order chi connectivity index (χ0) is 18.3. The van der Waals surface area contributed by atoms with E-state index < -0.39 is 17.5 Å². The Morgan fingerprint density at radius 2 is 1.92 bits per heavy atom. The average Bonchev–Trinajstić information content (AvgIpc) is 3.06. The minimum Gasteiger partial charge on any atom is -0.342 e. The van der Waals surface area contributed by atoms with Gasteiger partial charge in [0.25, 0.3) is 5.91 Å². The van der Waals surface area contributed by atoms with E-state index in [2.05, 4.69) is 16.0 Å². The third kappa shape index (κ3) is 3.07. The number of aromatic nitrogens is 2. The fourth-order valence-electron chi connectivity index (χ4n) is 3.52. The van der Waals surface area contributed by atoms with Crippen LogP contribution in [0.4, 0.5) is 8.78 Å². The van der Waals surface area contributed by atoms with Crippen LogP contribution in [0.15, 0.2) is 36.4 Å². The second-order valence-electron chi connectivity index (χ2n) is 6.83. The van der Waals surface area contributed by atoms with Gasteiger partial charge in [0.2, 0.25) is 0 Å². The molecular weight excluding hydrogens is 336 g/mol. The number of hydrogen-bond acceptors (Lipinski definition) is 2. The van der Waals surface area contributed by atoms with Gasteiger partial charge in [-0.15, -0.1) is 0 Å². The SMILES string of the molecule is Cc1ccc2nc(C3CCN(C(=O)c4cc(F)ccc4F)CC3)[nH]c2c1. The van der Waals surface area contributed by atoms with E-state index in [-0.39, 0.29) is 11.5 Å². The van der Waals surface area contributed by atoms with Crippen molar-refractivity contribution in [3.8, 4) is 0 Å². The Bertz CT molecular complexity index is 974. The lowest BCUT2D eigenvalue weighted by Gasteiger charge is -2.31. The number of halogens is 2. The zero-order valence-electron chi connectivity index (χ0n) is 14.4. The molecule has 0 saturated carbocycles. The van der Waals surface area contributed by atoms with Crippen molar-refractivity contribution in [2.75, 3.05) is 13.1 Å². The van der Waals surface area contributed by atoms with E-state index in [1.54, 1.807) is 4.90 Å². The molecule has 1 N–H and O–H groups in total. The molecule has 0 unspecified atom stereocenters. The second-order valence-corrected chi connectivity index (χ2v) is 6.83. The maximum atomic E-state index is 13.8. The molecule has 0 atom stereocenters. The lowest BCUT2D eigenvalue weighted by Crippen LogP contribution is -2.38. The lowest BCUT2D eigenvalue weighted by molar-refractivity contribution is 0.0706. The van der Waals surface area contributed by atoms with Crippen molar-refractivity contribution in [1.29, 1.82) is 0 Å². The molecule has 4 nitrogen and oxygen atoms in total. The van der Waals surface area contributed by atoms with Crippen molar-refractivity contribution < 1.29 is 13.6 Å². The Morgan fingerprint density at radius 1 is 1.15 bits per heavy atom. The number of aryl methyl sites for hydroxylation is 1. The van der Waals surface area contributed by atoms with Crippen molar-refractivity contribution in [3.05, 3.63) is 65.0 Å². The first-order chi connectivity index (χ1) is 12.5. The van der Waals surface area contributed by atoms with E-state index in [0.29, 0.717) is 13.1 Å². The third-order valence-corrected chi connectivity index (χ3v) is 4.98. The number of carbonyl (C=O) groups is 1. The summed E-state index contributed by atoms with van der Waals surface area (Å²) in [6.07, 6.45) is 1.48. The molecule has 2 heterocycles. The minimum atomic E-state index is -0.689. The van der Waals surface area contributed by atoms with E-state index in [1.165, 1.54) is 5.56 Å². The number of imidazole rings is 1. The molecule has 0 radical (unpaired) electrons. The number of rotatable bonds is 2. The maximum Gasteiger partial charge on any atom is 0.256 e. The monoisotopic (exact) mass is 355 g/mol.